The summed E-state index contributed by atoms with van der Waals surface area (Å²) < 4.78 is 0.950. The van der Waals surface area contributed by atoms with Crippen molar-refractivity contribution in [2.45, 2.75) is 32.1 Å². The zero-order chi connectivity index (χ0) is 18.1. The molecule has 0 aromatic heterocycles. The van der Waals surface area contributed by atoms with E-state index in [4.69, 9.17) is 5.73 Å². The maximum Gasteiger partial charge on any atom is 0.251 e. The third-order valence-electron chi connectivity index (χ3n) is 3.97. The predicted octanol–water partition coefficient (Wildman–Crippen LogP) is 4.13. The van der Waals surface area contributed by atoms with Gasteiger partial charge in [-0.2, -0.15) is 0 Å². The zero-order valence-corrected chi connectivity index (χ0v) is 15.7. The minimum absolute atomic E-state index is 0.0665. The van der Waals surface area contributed by atoms with Gasteiger partial charge in [-0.1, -0.05) is 40.5 Å². The van der Waals surface area contributed by atoms with Gasteiger partial charge in [-0.15, -0.1) is 0 Å². The number of nitrogens with two attached hydrogens (primary N) is 1. The number of ketones is 1. The maximum atomic E-state index is 12.0. The Balaban J connectivity index is 1.58. The molecular weight excluding hydrogens is 380 g/mol. The van der Waals surface area contributed by atoms with Gasteiger partial charge in [0.1, 0.15) is 5.78 Å². The van der Waals surface area contributed by atoms with E-state index >= 15 is 0 Å². The number of benzene rings is 2. The Labute approximate surface area is 156 Å². The molecule has 2 aromatic rings. The smallest absolute Gasteiger partial charge is 0.251 e. The third kappa shape index (κ3) is 6.70. The minimum Gasteiger partial charge on any atom is -0.398 e. The van der Waals surface area contributed by atoms with E-state index < -0.39 is 0 Å². The second-order valence-electron chi connectivity index (χ2n) is 5.99. The second-order valence-corrected chi connectivity index (χ2v) is 6.90. The molecular formula is C20H23BrN2O2. The molecule has 1 amide bonds. The molecule has 0 saturated heterocycles. The van der Waals surface area contributed by atoms with Crippen molar-refractivity contribution in [3.63, 3.8) is 0 Å². The van der Waals surface area contributed by atoms with E-state index in [1.165, 1.54) is 0 Å². The second kappa shape index (κ2) is 9.99. The van der Waals surface area contributed by atoms with Gasteiger partial charge in [-0.25, -0.2) is 0 Å². The number of halogens is 1. The Kier molecular flexibility index (Phi) is 7.67. The fraction of sp³-hybridized carbons (Fsp3) is 0.300. The molecule has 2 aromatic carbocycles. The molecule has 0 bridgehead atoms. The Morgan fingerprint density at radius 1 is 0.960 bits per heavy atom. The Hall–Kier alpha value is -2.14. The maximum absolute atomic E-state index is 12.0. The van der Waals surface area contributed by atoms with Crippen LogP contribution < -0.4 is 11.1 Å². The van der Waals surface area contributed by atoms with Crippen molar-refractivity contribution in [2.24, 2.45) is 0 Å². The van der Waals surface area contributed by atoms with Crippen molar-refractivity contribution in [3.8, 4) is 0 Å². The lowest BCUT2D eigenvalue weighted by molar-refractivity contribution is -0.118. The van der Waals surface area contributed by atoms with Crippen molar-refractivity contribution >= 4 is 33.3 Å². The van der Waals surface area contributed by atoms with Crippen LogP contribution in [0.4, 0.5) is 5.69 Å². The number of anilines is 1. The lowest BCUT2D eigenvalue weighted by Crippen LogP contribution is -2.24. The van der Waals surface area contributed by atoms with E-state index in [9.17, 15) is 9.59 Å². The van der Waals surface area contributed by atoms with E-state index in [1.54, 1.807) is 12.1 Å². The van der Waals surface area contributed by atoms with Gasteiger partial charge in [0.2, 0.25) is 0 Å². The van der Waals surface area contributed by atoms with Gasteiger partial charge in [0.15, 0.2) is 0 Å². The van der Waals surface area contributed by atoms with E-state index in [-0.39, 0.29) is 11.7 Å². The lowest BCUT2D eigenvalue weighted by atomic mass is 10.0. The monoisotopic (exact) mass is 402 g/mol. The highest BCUT2D eigenvalue weighted by Gasteiger charge is 2.07. The summed E-state index contributed by atoms with van der Waals surface area (Å²) in [5.74, 6) is 0.139. The summed E-state index contributed by atoms with van der Waals surface area (Å²) in [4.78, 5) is 23.9. The van der Waals surface area contributed by atoms with Crippen molar-refractivity contribution in [1.82, 2.24) is 5.32 Å². The average Bonchev–Trinajstić information content (AvgIpc) is 2.60. The highest BCUT2D eigenvalue weighted by atomic mass is 79.9. The summed E-state index contributed by atoms with van der Waals surface area (Å²) in [5, 5.41) is 2.90. The molecule has 0 aliphatic carbocycles. The number of nitrogen functional groups attached to an aromatic ring is 1. The van der Waals surface area contributed by atoms with Crippen molar-refractivity contribution in [1.29, 1.82) is 0 Å². The van der Waals surface area contributed by atoms with Gasteiger partial charge in [0, 0.05) is 35.1 Å². The fourth-order valence-electron chi connectivity index (χ4n) is 2.53. The average molecular weight is 403 g/mol. The molecule has 0 aliphatic heterocycles. The number of nitrogens with one attached hydrogen (secondary N) is 1. The third-order valence-corrected chi connectivity index (χ3v) is 4.50. The van der Waals surface area contributed by atoms with E-state index in [1.807, 2.05) is 36.4 Å². The molecule has 0 saturated carbocycles. The number of rotatable bonds is 9. The molecule has 0 heterocycles. The number of hydrogen-bond donors (Lipinski definition) is 2. The molecule has 0 atom stereocenters. The normalized spacial score (nSPS) is 10.4. The molecule has 3 N–H and O–H groups in total. The van der Waals surface area contributed by atoms with Gasteiger partial charge in [0.05, 0.1) is 0 Å². The SMILES string of the molecule is Nc1ccccc1CC(=O)CCCCCNC(=O)c1ccc(Br)cc1. The number of Topliss-reactive ketones (excluding diaryl/α,β-unsaturated/α-hetero) is 1. The van der Waals surface area contributed by atoms with Gasteiger partial charge in [-0.05, 0) is 48.7 Å². The first-order chi connectivity index (χ1) is 12.1. The Morgan fingerprint density at radius 3 is 2.40 bits per heavy atom. The number of carbonyl (C=O) groups excluding carboxylic acids is 2. The van der Waals surface area contributed by atoms with Gasteiger partial charge < -0.3 is 11.1 Å². The molecule has 25 heavy (non-hydrogen) atoms. The van der Waals surface area contributed by atoms with E-state index in [2.05, 4.69) is 21.2 Å². The lowest BCUT2D eigenvalue weighted by Gasteiger charge is -2.06. The van der Waals surface area contributed by atoms with Crippen LogP contribution in [0.3, 0.4) is 0 Å². The first-order valence-electron chi connectivity index (χ1n) is 8.45. The highest BCUT2D eigenvalue weighted by molar-refractivity contribution is 9.10. The molecule has 0 spiro atoms. The quantitative estimate of drug-likeness (QED) is 0.489. The summed E-state index contributed by atoms with van der Waals surface area (Å²) in [6.45, 7) is 0.620. The van der Waals surface area contributed by atoms with Crippen molar-refractivity contribution < 1.29 is 9.59 Å². The number of unbranched alkanes of at least 4 members (excludes halogenated alkanes) is 2. The number of para-hydroxylation sites is 1. The van der Waals surface area contributed by atoms with E-state index in [0.29, 0.717) is 30.6 Å². The molecule has 0 radical (unpaired) electrons. The van der Waals surface area contributed by atoms with Crippen LogP contribution in [0.5, 0.6) is 0 Å². The predicted molar refractivity (Wildman–Crippen MR) is 105 cm³/mol. The topological polar surface area (TPSA) is 72.2 Å². The van der Waals surface area contributed by atoms with Crippen LogP contribution in [0.15, 0.2) is 53.0 Å². The van der Waals surface area contributed by atoms with E-state index in [0.717, 1.165) is 29.3 Å². The first kappa shape index (κ1) is 19.2. The summed E-state index contributed by atoms with van der Waals surface area (Å²) in [6, 6.07) is 14.7. The molecule has 0 aliphatic rings. The van der Waals surface area contributed by atoms with Gasteiger partial charge in [-0.3, -0.25) is 9.59 Å². The van der Waals surface area contributed by atoms with Crippen LogP contribution in [0.25, 0.3) is 0 Å². The standard InChI is InChI=1S/C20H23BrN2O2/c21-17-11-9-15(10-12-17)20(25)23-13-5-1-2-7-18(24)14-16-6-3-4-8-19(16)22/h3-4,6,8-12H,1-2,5,7,13-14,22H2,(H,23,25). The van der Waals surface area contributed by atoms with Crippen molar-refractivity contribution in [3.05, 3.63) is 64.1 Å². The van der Waals surface area contributed by atoms with Crippen molar-refractivity contribution in [2.75, 3.05) is 12.3 Å². The summed E-state index contributed by atoms with van der Waals surface area (Å²) in [5.41, 5.74) is 8.07. The molecule has 5 heteroatoms. The Bertz CT molecular complexity index is 714. The number of amides is 1. The van der Waals surface area contributed by atoms with Crippen LogP contribution in [0, 0.1) is 0 Å². The van der Waals surface area contributed by atoms with Crippen LogP contribution in [0.1, 0.15) is 41.6 Å². The molecule has 0 fully saturated rings. The molecule has 4 nitrogen and oxygen atoms in total. The molecule has 0 unspecified atom stereocenters. The van der Waals surface area contributed by atoms with Crippen LogP contribution in [-0.2, 0) is 11.2 Å². The zero-order valence-electron chi connectivity index (χ0n) is 14.1. The largest absolute Gasteiger partial charge is 0.398 e. The number of hydrogen-bond acceptors (Lipinski definition) is 3. The van der Waals surface area contributed by atoms with Gasteiger partial charge >= 0.3 is 0 Å². The van der Waals surface area contributed by atoms with Crippen LogP contribution in [0.2, 0.25) is 0 Å². The summed E-state index contributed by atoms with van der Waals surface area (Å²) >= 11 is 3.35. The summed E-state index contributed by atoms with van der Waals surface area (Å²) in [6.07, 6.45) is 3.56. The number of carbonyl (C=O) groups is 2. The van der Waals surface area contributed by atoms with Crippen LogP contribution in [-0.4, -0.2) is 18.2 Å². The van der Waals surface area contributed by atoms with Crippen LogP contribution >= 0.6 is 15.9 Å². The highest BCUT2D eigenvalue weighted by Crippen LogP contribution is 2.13. The Morgan fingerprint density at radius 2 is 1.68 bits per heavy atom. The molecule has 132 valence electrons. The molecule has 2 rings (SSSR count). The summed E-state index contributed by atoms with van der Waals surface area (Å²) in [7, 11) is 0. The van der Waals surface area contributed by atoms with Gasteiger partial charge in [0.25, 0.3) is 5.91 Å². The first-order valence-corrected chi connectivity index (χ1v) is 9.24. The minimum atomic E-state index is -0.0665. The fourth-order valence-corrected chi connectivity index (χ4v) is 2.79.